The minimum absolute atomic E-state index is 0.709. The van der Waals surface area contributed by atoms with Gasteiger partial charge in [0.1, 0.15) is 0 Å². The molecule has 0 aliphatic heterocycles. The Bertz CT molecular complexity index is 577. The molecule has 0 saturated carbocycles. The number of rotatable bonds is 0. The Morgan fingerprint density at radius 3 is 2.60 bits per heavy atom. The van der Waals surface area contributed by atoms with Gasteiger partial charge in [-0.2, -0.15) is 5.26 Å². The summed E-state index contributed by atoms with van der Waals surface area (Å²) in [6.07, 6.45) is 0. The van der Waals surface area contributed by atoms with Crippen molar-refractivity contribution >= 4 is 10.9 Å². The summed E-state index contributed by atoms with van der Waals surface area (Å²) in [5.74, 6) is 0. The molecular formula is C13H12N2. The molecule has 2 heteroatoms. The molecule has 0 N–H and O–H groups in total. The van der Waals surface area contributed by atoms with Gasteiger partial charge in [-0.1, -0.05) is 12.1 Å². The van der Waals surface area contributed by atoms with Crippen molar-refractivity contribution in [3.8, 4) is 6.07 Å². The first-order valence-electron chi connectivity index (χ1n) is 4.91. The SMILES string of the molecule is Cc1cc(C#N)c2ccc(C)c(C)c2n1. The van der Waals surface area contributed by atoms with Gasteiger partial charge < -0.3 is 0 Å². The number of hydrogen-bond donors (Lipinski definition) is 0. The van der Waals surface area contributed by atoms with Crippen molar-refractivity contribution in [2.45, 2.75) is 20.8 Å². The molecule has 0 unspecified atom stereocenters. The summed E-state index contributed by atoms with van der Waals surface area (Å²) in [6, 6.07) is 8.06. The van der Waals surface area contributed by atoms with Crippen molar-refractivity contribution in [1.29, 1.82) is 5.26 Å². The summed E-state index contributed by atoms with van der Waals surface area (Å²) < 4.78 is 0. The summed E-state index contributed by atoms with van der Waals surface area (Å²) in [4.78, 5) is 4.49. The fourth-order valence-corrected chi connectivity index (χ4v) is 1.75. The standard InChI is InChI=1S/C13H12N2/c1-8-4-5-12-11(7-14)6-9(2)15-13(12)10(8)3/h4-6H,1-3H3. The van der Waals surface area contributed by atoms with Gasteiger partial charge >= 0.3 is 0 Å². The van der Waals surface area contributed by atoms with Crippen LogP contribution < -0.4 is 0 Å². The molecule has 0 spiro atoms. The lowest BCUT2D eigenvalue weighted by Crippen LogP contribution is -1.92. The zero-order valence-electron chi connectivity index (χ0n) is 9.13. The van der Waals surface area contributed by atoms with Crippen LogP contribution in [0.1, 0.15) is 22.4 Å². The predicted octanol–water partition coefficient (Wildman–Crippen LogP) is 3.03. The lowest BCUT2D eigenvalue weighted by molar-refractivity contribution is 1.22. The van der Waals surface area contributed by atoms with Crippen LogP contribution in [0.5, 0.6) is 0 Å². The highest BCUT2D eigenvalue weighted by Gasteiger charge is 2.06. The van der Waals surface area contributed by atoms with E-state index in [2.05, 4.69) is 18.0 Å². The third kappa shape index (κ3) is 1.46. The van der Waals surface area contributed by atoms with E-state index < -0.39 is 0 Å². The maximum absolute atomic E-state index is 9.04. The van der Waals surface area contributed by atoms with Crippen LogP contribution in [0.25, 0.3) is 10.9 Å². The molecule has 0 aliphatic rings. The average Bonchev–Trinajstić information content (AvgIpc) is 2.23. The van der Waals surface area contributed by atoms with Crippen LogP contribution >= 0.6 is 0 Å². The zero-order chi connectivity index (χ0) is 11.0. The van der Waals surface area contributed by atoms with Crippen molar-refractivity contribution < 1.29 is 0 Å². The van der Waals surface area contributed by atoms with E-state index in [1.807, 2.05) is 32.0 Å². The highest BCUT2D eigenvalue weighted by Crippen LogP contribution is 2.23. The Balaban J connectivity index is 2.98. The quantitative estimate of drug-likeness (QED) is 0.649. The van der Waals surface area contributed by atoms with E-state index in [1.165, 1.54) is 5.56 Å². The van der Waals surface area contributed by atoms with Gasteiger partial charge in [0, 0.05) is 11.1 Å². The lowest BCUT2D eigenvalue weighted by atomic mass is 10.0. The molecule has 1 aromatic carbocycles. The highest BCUT2D eigenvalue weighted by molar-refractivity contribution is 5.88. The van der Waals surface area contributed by atoms with Crippen LogP contribution in [0.3, 0.4) is 0 Å². The third-order valence-electron chi connectivity index (χ3n) is 2.75. The molecule has 74 valence electrons. The van der Waals surface area contributed by atoms with Gasteiger partial charge in [-0.25, -0.2) is 0 Å². The molecule has 0 fully saturated rings. The van der Waals surface area contributed by atoms with Gasteiger partial charge in [-0.3, -0.25) is 4.98 Å². The molecule has 2 nitrogen and oxygen atoms in total. The molecule has 0 bridgehead atoms. The molecule has 2 aromatic rings. The van der Waals surface area contributed by atoms with Crippen LogP contribution in [0.2, 0.25) is 0 Å². The van der Waals surface area contributed by atoms with Crippen molar-refractivity contribution in [3.05, 3.63) is 40.6 Å². The molecular weight excluding hydrogens is 184 g/mol. The van der Waals surface area contributed by atoms with Gasteiger partial charge in [-0.15, -0.1) is 0 Å². The average molecular weight is 196 g/mol. The predicted molar refractivity (Wildman–Crippen MR) is 60.7 cm³/mol. The maximum atomic E-state index is 9.04. The maximum Gasteiger partial charge on any atom is 0.0999 e. The van der Waals surface area contributed by atoms with E-state index in [4.69, 9.17) is 5.26 Å². The van der Waals surface area contributed by atoms with Crippen molar-refractivity contribution in [3.63, 3.8) is 0 Å². The van der Waals surface area contributed by atoms with E-state index in [1.54, 1.807) is 0 Å². The smallest absolute Gasteiger partial charge is 0.0999 e. The molecule has 2 rings (SSSR count). The Labute approximate surface area is 89.2 Å². The van der Waals surface area contributed by atoms with Crippen LogP contribution in [-0.2, 0) is 0 Å². The monoisotopic (exact) mass is 196 g/mol. The first-order valence-corrected chi connectivity index (χ1v) is 4.91. The van der Waals surface area contributed by atoms with E-state index >= 15 is 0 Å². The Hall–Kier alpha value is -1.88. The summed E-state index contributed by atoms with van der Waals surface area (Å²) in [7, 11) is 0. The molecule has 1 heterocycles. The number of hydrogen-bond acceptors (Lipinski definition) is 2. The van der Waals surface area contributed by atoms with Crippen LogP contribution in [-0.4, -0.2) is 4.98 Å². The van der Waals surface area contributed by atoms with Gasteiger partial charge in [0.25, 0.3) is 0 Å². The molecule has 15 heavy (non-hydrogen) atoms. The van der Waals surface area contributed by atoms with E-state index in [0.717, 1.165) is 22.2 Å². The number of pyridine rings is 1. The molecule has 0 amide bonds. The number of aromatic nitrogens is 1. The van der Waals surface area contributed by atoms with E-state index in [0.29, 0.717) is 5.56 Å². The Morgan fingerprint density at radius 2 is 1.93 bits per heavy atom. The molecule has 0 aliphatic carbocycles. The topological polar surface area (TPSA) is 36.7 Å². The summed E-state index contributed by atoms with van der Waals surface area (Å²) >= 11 is 0. The zero-order valence-corrected chi connectivity index (χ0v) is 9.13. The Kier molecular flexibility index (Phi) is 2.17. The van der Waals surface area contributed by atoms with Gasteiger partial charge in [-0.05, 0) is 38.0 Å². The number of fused-ring (bicyclic) bond motifs is 1. The van der Waals surface area contributed by atoms with Crippen LogP contribution in [0.4, 0.5) is 0 Å². The number of benzene rings is 1. The third-order valence-corrected chi connectivity index (χ3v) is 2.75. The molecule has 0 saturated heterocycles. The minimum Gasteiger partial charge on any atom is -0.253 e. The van der Waals surface area contributed by atoms with Crippen molar-refractivity contribution in [2.75, 3.05) is 0 Å². The molecule has 1 aromatic heterocycles. The second-order valence-electron chi connectivity index (χ2n) is 3.83. The minimum atomic E-state index is 0.709. The molecule has 0 atom stereocenters. The highest BCUT2D eigenvalue weighted by atomic mass is 14.7. The second-order valence-corrected chi connectivity index (χ2v) is 3.83. The number of nitriles is 1. The fourth-order valence-electron chi connectivity index (χ4n) is 1.75. The normalized spacial score (nSPS) is 10.3. The van der Waals surface area contributed by atoms with Gasteiger partial charge in [0.2, 0.25) is 0 Å². The van der Waals surface area contributed by atoms with Gasteiger partial charge in [0.05, 0.1) is 17.1 Å². The Morgan fingerprint density at radius 1 is 1.20 bits per heavy atom. The van der Waals surface area contributed by atoms with Crippen LogP contribution in [0, 0.1) is 32.1 Å². The van der Waals surface area contributed by atoms with E-state index in [-0.39, 0.29) is 0 Å². The van der Waals surface area contributed by atoms with Crippen molar-refractivity contribution in [1.82, 2.24) is 4.98 Å². The lowest BCUT2D eigenvalue weighted by Gasteiger charge is -2.07. The number of nitrogens with zero attached hydrogens (tertiary/aromatic N) is 2. The van der Waals surface area contributed by atoms with E-state index in [9.17, 15) is 0 Å². The molecule has 0 radical (unpaired) electrons. The largest absolute Gasteiger partial charge is 0.253 e. The van der Waals surface area contributed by atoms with Crippen molar-refractivity contribution in [2.24, 2.45) is 0 Å². The summed E-state index contributed by atoms with van der Waals surface area (Å²) in [6.45, 7) is 6.03. The fraction of sp³-hybridized carbons (Fsp3) is 0.231. The van der Waals surface area contributed by atoms with Gasteiger partial charge in [0.15, 0.2) is 0 Å². The first kappa shape index (κ1) is 9.67. The summed E-state index contributed by atoms with van der Waals surface area (Å²) in [5.41, 5.74) is 4.93. The number of aryl methyl sites for hydroxylation is 3. The second kappa shape index (κ2) is 3.36. The van der Waals surface area contributed by atoms with Crippen LogP contribution in [0.15, 0.2) is 18.2 Å². The first-order chi connectivity index (χ1) is 7.13. The summed E-state index contributed by atoms with van der Waals surface area (Å²) in [5, 5.41) is 9.99.